The van der Waals surface area contributed by atoms with Gasteiger partial charge in [-0.05, 0) is 18.4 Å². The van der Waals surface area contributed by atoms with Crippen molar-refractivity contribution in [2.24, 2.45) is 0 Å². The van der Waals surface area contributed by atoms with Gasteiger partial charge in [0.2, 0.25) is 0 Å². The minimum atomic E-state index is 0.486. The summed E-state index contributed by atoms with van der Waals surface area (Å²) in [7, 11) is 0. The van der Waals surface area contributed by atoms with Crippen molar-refractivity contribution in [2.45, 2.75) is 39.3 Å². The first kappa shape index (κ1) is 11.5. The van der Waals surface area contributed by atoms with Crippen LogP contribution in [0.3, 0.4) is 0 Å². The highest BCUT2D eigenvalue weighted by Crippen LogP contribution is 2.31. The van der Waals surface area contributed by atoms with E-state index in [9.17, 15) is 0 Å². The fourth-order valence-electron chi connectivity index (χ4n) is 2.48. The molecule has 3 nitrogen and oxygen atoms in total. The summed E-state index contributed by atoms with van der Waals surface area (Å²) in [4.78, 5) is 8.20. The average Bonchev–Trinajstić information content (AvgIpc) is 2.79. The molecular formula is C15H19N3. The molecule has 0 atom stereocenters. The summed E-state index contributed by atoms with van der Waals surface area (Å²) < 4.78 is 0. The summed E-state index contributed by atoms with van der Waals surface area (Å²) in [5.74, 6) is 1.05. The van der Waals surface area contributed by atoms with Gasteiger partial charge in [-0.3, -0.25) is 0 Å². The van der Waals surface area contributed by atoms with Crippen LogP contribution < -0.4 is 5.32 Å². The molecule has 0 unspecified atom stereocenters. The summed E-state index contributed by atoms with van der Waals surface area (Å²) >= 11 is 0. The van der Waals surface area contributed by atoms with Crippen molar-refractivity contribution in [1.82, 2.24) is 15.3 Å². The Bertz CT molecular complexity index is 555. The van der Waals surface area contributed by atoms with E-state index in [1.54, 1.807) is 0 Å². The fraction of sp³-hybridized carbons (Fsp3) is 0.400. The Labute approximate surface area is 108 Å². The number of aromatic amines is 1. The summed E-state index contributed by atoms with van der Waals surface area (Å²) in [5.41, 5.74) is 5.15. The molecule has 0 amide bonds. The molecule has 2 N–H and O–H groups in total. The number of nitrogens with one attached hydrogen (secondary N) is 2. The molecular weight excluding hydrogens is 222 g/mol. The molecule has 18 heavy (non-hydrogen) atoms. The Morgan fingerprint density at radius 1 is 1.28 bits per heavy atom. The number of hydrogen-bond acceptors (Lipinski definition) is 2. The van der Waals surface area contributed by atoms with Gasteiger partial charge in [-0.15, -0.1) is 0 Å². The van der Waals surface area contributed by atoms with Gasteiger partial charge in [0.05, 0.1) is 12.2 Å². The van der Waals surface area contributed by atoms with Crippen LogP contribution in [0.2, 0.25) is 0 Å². The number of hydrogen-bond donors (Lipinski definition) is 2. The highest BCUT2D eigenvalue weighted by Gasteiger charge is 2.19. The number of rotatable bonds is 3. The van der Waals surface area contributed by atoms with Crippen LogP contribution >= 0.6 is 0 Å². The van der Waals surface area contributed by atoms with E-state index >= 15 is 0 Å². The Morgan fingerprint density at radius 3 is 2.94 bits per heavy atom. The van der Waals surface area contributed by atoms with Gasteiger partial charge in [-0.2, -0.15) is 0 Å². The van der Waals surface area contributed by atoms with Gasteiger partial charge in [0.1, 0.15) is 5.82 Å². The van der Waals surface area contributed by atoms with Crippen LogP contribution in [0.25, 0.3) is 11.3 Å². The third-order valence-electron chi connectivity index (χ3n) is 3.42. The lowest BCUT2D eigenvalue weighted by molar-refractivity contribution is 0.575. The van der Waals surface area contributed by atoms with Crippen molar-refractivity contribution in [2.75, 3.05) is 0 Å². The Kier molecular flexibility index (Phi) is 2.92. The van der Waals surface area contributed by atoms with Gasteiger partial charge in [0.15, 0.2) is 0 Å². The third-order valence-corrected chi connectivity index (χ3v) is 3.42. The first-order chi connectivity index (χ1) is 8.74. The fourth-order valence-corrected chi connectivity index (χ4v) is 2.48. The van der Waals surface area contributed by atoms with Crippen LogP contribution in [0.1, 0.15) is 30.9 Å². The topological polar surface area (TPSA) is 40.7 Å². The standard InChI is InChI=1S/C15H19N3/c1-10(2)16-9-14-17-13-8-7-11-5-3-4-6-12(11)15(13)18-14/h3-6,10,16H,7-9H2,1-2H3,(H,17,18). The molecule has 2 aromatic rings. The lowest BCUT2D eigenvalue weighted by Crippen LogP contribution is -2.22. The molecule has 0 aliphatic heterocycles. The summed E-state index contributed by atoms with van der Waals surface area (Å²) in [6.07, 6.45) is 2.18. The average molecular weight is 241 g/mol. The predicted molar refractivity (Wildman–Crippen MR) is 73.4 cm³/mol. The molecule has 0 saturated carbocycles. The monoisotopic (exact) mass is 241 g/mol. The zero-order valence-corrected chi connectivity index (χ0v) is 11.0. The lowest BCUT2D eigenvalue weighted by Gasteiger charge is -2.14. The number of benzene rings is 1. The molecule has 0 fully saturated rings. The van der Waals surface area contributed by atoms with Gasteiger partial charge in [-0.25, -0.2) is 4.98 Å². The van der Waals surface area contributed by atoms with Crippen LogP contribution in [0.5, 0.6) is 0 Å². The molecule has 3 rings (SSSR count). The van der Waals surface area contributed by atoms with Crippen molar-refractivity contribution in [3.05, 3.63) is 41.3 Å². The highest BCUT2D eigenvalue weighted by atomic mass is 15.0. The first-order valence-electron chi connectivity index (χ1n) is 6.63. The maximum atomic E-state index is 4.75. The second-order valence-corrected chi connectivity index (χ2v) is 5.20. The number of H-pyrrole nitrogens is 1. The molecule has 3 heteroatoms. The van der Waals surface area contributed by atoms with Crippen LogP contribution in [0.4, 0.5) is 0 Å². The smallest absolute Gasteiger partial charge is 0.121 e. The van der Waals surface area contributed by atoms with E-state index in [0.717, 1.165) is 30.9 Å². The van der Waals surface area contributed by atoms with Crippen LogP contribution in [0.15, 0.2) is 24.3 Å². The summed E-state index contributed by atoms with van der Waals surface area (Å²) in [6.45, 7) is 5.11. The van der Waals surface area contributed by atoms with Crippen molar-refractivity contribution in [3.63, 3.8) is 0 Å². The molecule has 94 valence electrons. The van der Waals surface area contributed by atoms with E-state index in [4.69, 9.17) is 4.98 Å². The third kappa shape index (κ3) is 2.06. The maximum Gasteiger partial charge on any atom is 0.121 e. The quantitative estimate of drug-likeness (QED) is 0.867. The van der Waals surface area contributed by atoms with Gasteiger partial charge in [-0.1, -0.05) is 38.1 Å². The van der Waals surface area contributed by atoms with Gasteiger partial charge >= 0.3 is 0 Å². The van der Waals surface area contributed by atoms with Crippen molar-refractivity contribution in [3.8, 4) is 11.3 Å². The molecule has 0 radical (unpaired) electrons. The molecule has 1 aliphatic carbocycles. The summed E-state index contributed by atoms with van der Waals surface area (Å²) in [6, 6.07) is 9.07. The Morgan fingerprint density at radius 2 is 2.11 bits per heavy atom. The minimum Gasteiger partial charge on any atom is -0.344 e. The molecule has 1 aromatic carbocycles. The largest absolute Gasteiger partial charge is 0.344 e. The molecule has 0 bridgehead atoms. The SMILES string of the molecule is CC(C)NCc1nc2c([nH]1)CCc1ccccc1-2. The van der Waals surface area contributed by atoms with Crippen molar-refractivity contribution in [1.29, 1.82) is 0 Å². The van der Waals surface area contributed by atoms with E-state index in [1.165, 1.54) is 16.8 Å². The lowest BCUT2D eigenvalue weighted by atomic mass is 9.93. The van der Waals surface area contributed by atoms with Gasteiger partial charge in [0.25, 0.3) is 0 Å². The maximum absolute atomic E-state index is 4.75. The Balaban J connectivity index is 1.92. The number of aromatic nitrogens is 2. The van der Waals surface area contributed by atoms with Crippen LogP contribution in [0, 0.1) is 0 Å². The van der Waals surface area contributed by atoms with Crippen LogP contribution in [-0.2, 0) is 19.4 Å². The molecule has 1 aliphatic rings. The van der Waals surface area contributed by atoms with Gasteiger partial charge < -0.3 is 10.3 Å². The van der Waals surface area contributed by atoms with E-state index in [2.05, 4.69) is 48.4 Å². The minimum absolute atomic E-state index is 0.486. The van der Waals surface area contributed by atoms with Gasteiger partial charge in [0, 0.05) is 17.3 Å². The first-order valence-corrected chi connectivity index (χ1v) is 6.63. The normalized spacial score (nSPS) is 13.5. The molecule has 1 aromatic heterocycles. The predicted octanol–water partition coefficient (Wildman–Crippen LogP) is 2.67. The second kappa shape index (κ2) is 4.58. The number of aryl methyl sites for hydroxylation is 2. The molecule has 0 spiro atoms. The number of fused-ring (bicyclic) bond motifs is 3. The zero-order valence-electron chi connectivity index (χ0n) is 11.0. The van der Waals surface area contributed by atoms with E-state index < -0.39 is 0 Å². The number of imidazole rings is 1. The zero-order chi connectivity index (χ0) is 12.5. The van der Waals surface area contributed by atoms with Crippen molar-refractivity contribution >= 4 is 0 Å². The number of nitrogens with zero attached hydrogens (tertiary/aromatic N) is 1. The highest BCUT2D eigenvalue weighted by molar-refractivity contribution is 5.68. The molecule has 0 saturated heterocycles. The summed E-state index contributed by atoms with van der Waals surface area (Å²) in [5, 5.41) is 3.40. The second-order valence-electron chi connectivity index (χ2n) is 5.20. The van der Waals surface area contributed by atoms with Crippen LogP contribution in [-0.4, -0.2) is 16.0 Å². The van der Waals surface area contributed by atoms with E-state index in [-0.39, 0.29) is 0 Å². The van der Waals surface area contributed by atoms with E-state index in [1.807, 2.05) is 0 Å². The Hall–Kier alpha value is -1.61. The molecule has 1 heterocycles. The van der Waals surface area contributed by atoms with E-state index in [0.29, 0.717) is 6.04 Å². The van der Waals surface area contributed by atoms with Crippen molar-refractivity contribution < 1.29 is 0 Å².